The van der Waals surface area contributed by atoms with Gasteiger partial charge in [0.05, 0.1) is 11.4 Å². The number of hydrogen-bond acceptors (Lipinski definition) is 2. The summed E-state index contributed by atoms with van der Waals surface area (Å²) in [5, 5.41) is 4.25. The maximum atomic E-state index is 13.5. The molecule has 3 aromatic rings. The van der Waals surface area contributed by atoms with Gasteiger partial charge >= 0.3 is 6.18 Å². The molecule has 0 aliphatic heterocycles. The van der Waals surface area contributed by atoms with E-state index in [1.807, 2.05) is 6.07 Å². The lowest BCUT2D eigenvalue weighted by molar-refractivity contribution is -0.0580. The molecule has 1 aromatic heterocycles. The molecule has 3 nitrogen and oxygen atoms in total. The van der Waals surface area contributed by atoms with Crippen LogP contribution in [0.15, 0.2) is 71.7 Å². The van der Waals surface area contributed by atoms with Gasteiger partial charge in [-0.2, -0.15) is 18.3 Å². The van der Waals surface area contributed by atoms with Crippen LogP contribution in [0.2, 0.25) is 0 Å². The van der Waals surface area contributed by atoms with Crippen LogP contribution in [-0.4, -0.2) is 21.7 Å². The van der Waals surface area contributed by atoms with E-state index >= 15 is 0 Å². The quantitative estimate of drug-likeness (QED) is 0.631. The van der Waals surface area contributed by atoms with E-state index in [2.05, 4.69) is 10.1 Å². The molecule has 6 heteroatoms. The highest BCUT2D eigenvalue weighted by Gasteiger charge is 2.37. The van der Waals surface area contributed by atoms with Crippen LogP contribution in [0.1, 0.15) is 11.3 Å². The number of para-hydroxylation sites is 1. The van der Waals surface area contributed by atoms with E-state index in [-0.39, 0.29) is 11.4 Å². The topological polar surface area (TPSA) is 30.2 Å². The first-order valence-corrected chi connectivity index (χ1v) is 7.28. The highest BCUT2D eigenvalue weighted by Crippen LogP contribution is 2.27. The lowest BCUT2D eigenvalue weighted by atomic mass is 10.1. The molecule has 1 heterocycles. The van der Waals surface area contributed by atoms with Gasteiger partial charge in [0.25, 0.3) is 0 Å². The Balaban J connectivity index is 2.15. The monoisotopic (exact) mass is 329 g/mol. The molecule has 2 aromatic carbocycles. The predicted molar refractivity (Wildman–Crippen MR) is 87.0 cm³/mol. The maximum Gasteiger partial charge on any atom is 0.434 e. The molecule has 0 atom stereocenters. The molecule has 0 N–H and O–H groups in total. The summed E-state index contributed by atoms with van der Waals surface area (Å²) in [4.78, 5) is 3.89. The molecule has 122 valence electrons. The minimum absolute atomic E-state index is 0.0171. The van der Waals surface area contributed by atoms with E-state index in [0.717, 1.165) is 0 Å². The standard InChI is InChI=1S/C18H14F3N3/c1-13-12-16(24(23-13)15-10-6-3-7-11-15)22-17(18(19,20)21)14-8-4-2-5-9-14/h2-12H,1H3/b22-17-. The summed E-state index contributed by atoms with van der Waals surface area (Å²) in [5.41, 5.74) is 0.315. The minimum Gasteiger partial charge on any atom is -0.223 e. The molecule has 3 rings (SSSR count). The van der Waals surface area contributed by atoms with E-state index in [1.54, 1.807) is 49.4 Å². The van der Waals surface area contributed by atoms with Crippen molar-refractivity contribution in [1.82, 2.24) is 9.78 Å². The number of rotatable bonds is 3. The first kappa shape index (κ1) is 16.0. The third-order valence-electron chi connectivity index (χ3n) is 3.36. The van der Waals surface area contributed by atoms with Crippen LogP contribution in [0.3, 0.4) is 0 Å². The number of alkyl halides is 3. The Kier molecular flexibility index (Phi) is 4.20. The molecule has 24 heavy (non-hydrogen) atoms. The van der Waals surface area contributed by atoms with Gasteiger partial charge in [-0.25, -0.2) is 9.67 Å². The smallest absolute Gasteiger partial charge is 0.223 e. The van der Waals surface area contributed by atoms with Crippen molar-refractivity contribution in [1.29, 1.82) is 0 Å². The van der Waals surface area contributed by atoms with Crippen LogP contribution in [0.25, 0.3) is 5.69 Å². The van der Waals surface area contributed by atoms with Crippen molar-refractivity contribution in [3.63, 3.8) is 0 Å². The van der Waals surface area contributed by atoms with Crippen molar-refractivity contribution < 1.29 is 13.2 Å². The third-order valence-corrected chi connectivity index (χ3v) is 3.36. The van der Waals surface area contributed by atoms with Crippen molar-refractivity contribution in [2.24, 2.45) is 4.99 Å². The minimum atomic E-state index is -4.57. The van der Waals surface area contributed by atoms with Crippen LogP contribution in [0.4, 0.5) is 19.0 Å². The van der Waals surface area contributed by atoms with Crippen molar-refractivity contribution in [3.8, 4) is 5.69 Å². The fourth-order valence-corrected chi connectivity index (χ4v) is 2.33. The second kappa shape index (κ2) is 6.31. The fraction of sp³-hybridized carbons (Fsp3) is 0.111. The fourth-order valence-electron chi connectivity index (χ4n) is 2.33. The Labute approximate surface area is 137 Å². The van der Waals surface area contributed by atoms with Crippen LogP contribution >= 0.6 is 0 Å². The summed E-state index contributed by atoms with van der Waals surface area (Å²) in [6.07, 6.45) is -4.57. The van der Waals surface area contributed by atoms with Gasteiger partial charge in [-0.3, -0.25) is 0 Å². The average molecular weight is 329 g/mol. The number of nitrogens with zero attached hydrogens (tertiary/aromatic N) is 3. The van der Waals surface area contributed by atoms with E-state index in [9.17, 15) is 13.2 Å². The van der Waals surface area contributed by atoms with Gasteiger partial charge in [0.15, 0.2) is 11.5 Å². The van der Waals surface area contributed by atoms with Gasteiger partial charge in [0, 0.05) is 11.6 Å². The number of aliphatic imine (C=N–C) groups is 1. The van der Waals surface area contributed by atoms with Crippen molar-refractivity contribution >= 4 is 11.5 Å². The summed E-state index contributed by atoms with van der Waals surface area (Å²) >= 11 is 0. The van der Waals surface area contributed by atoms with E-state index in [0.29, 0.717) is 11.4 Å². The van der Waals surface area contributed by atoms with Gasteiger partial charge in [-0.05, 0) is 19.1 Å². The Morgan fingerprint density at radius 2 is 1.54 bits per heavy atom. The number of halogens is 3. The molecule has 0 amide bonds. The SMILES string of the molecule is Cc1cc(/N=C(/c2ccccc2)C(F)(F)F)n(-c2ccccc2)n1. The number of hydrogen-bond donors (Lipinski definition) is 0. The highest BCUT2D eigenvalue weighted by atomic mass is 19.4. The molecular weight excluding hydrogens is 315 g/mol. The molecule has 0 bridgehead atoms. The Morgan fingerprint density at radius 3 is 2.12 bits per heavy atom. The zero-order chi connectivity index (χ0) is 17.2. The lowest BCUT2D eigenvalue weighted by Gasteiger charge is -2.11. The first-order valence-electron chi connectivity index (χ1n) is 7.28. The largest absolute Gasteiger partial charge is 0.434 e. The molecule has 0 saturated carbocycles. The maximum absolute atomic E-state index is 13.5. The Hall–Kier alpha value is -2.89. The van der Waals surface area contributed by atoms with Gasteiger partial charge in [-0.1, -0.05) is 48.5 Å². The first-order chi connectivity index (χ1) is 11.4. The Bertz CT molecular complexity index is 850. The van der Waals surface area contributed by atoms with Gasteiger partial charge < -0.3 is 0 Å². The zero-order valence-corrected chi connectivity index (χ0v) is 12.8. The van der Waals surface area contributed by atoms with Crippen LogP contribution in [-0.2, 0) is 0 Å². The predicted octanol–water partition coefficient (Wildman–Crippen LogP) is 4.86. The normalized spacial score (nSPS) is 12.4. The van der Waals surface area contributed by atoms with E-state index in [4.69, 9.17) is 0 Å². The molecule has 0 fully saturated rings. The van der Waals surface area contributed by atoms with Crippen LogP contribution < -0.4 is 0 Å². The number of benzene rings is 2. The van der Waals surface area contributed by atoms with Gasteiger partial charge in [-0.15, -0.1) is 0 Å². The van der Waals surface area contributed by atoms with Gasteiger partial charge in [0.1, 0.15) is 0 Å². The van der Waals surface area contributed by atoms with Crippen LogP contribution in [0, 0.1) is 6.92 Å². The van der Waals surface area contributed by atoms with E-state index < -0.39 is 11.9 Å². The molecule has 0 saturated heterocycles. The van der Waals surface area contributed by atoms with Gasteiger partial charge in [0.2, 0.25) is 0 Å². The lowest BCUT2D eigenvalue weighted by Crippen LogP contribution is -2.24. The Morgan fingerprint density at radius 1 is 0.958 bits per heavy atom. The average Bonchev–Trinajstić information content (AvgIpc) is 2.94. The summed E-state index contributed by atoms with van der Waals surface area (Å²) in [5.74, 6) is 0.134. The second-order valence-corrected chi connectivity index (χ2v) is 5.22. The molecule has 0 unspecified atom stereocenters. The molecular formula is C18H14F3N3. The van der Waals surface area contributed by atoms with Crippen molar-refractivity contribution in [2.75, 3.05) is 0 Å². The summed E-state index contributed by atoms with van der Waals surface area (Å²) in [7, 11) is 0. The highest BCUT2D eigenvalue weighted by molar-refractivity contribution is 6.05. The summed E-state index contributed by atoms with van der Waals surface area (Å²) < 4.78 is 41.8. The summed E-state index contributed by atoms with van der Waals surface area (Å²) in [6.45, 7) is 1.72. The van der Waals surface area contributed by atoms with Crippen molar-refractivity contribution in [2.45, 2.75) is 13.1 Å². The molecule has 0 aliphatic rings. The number of aryl methyl sites for hydroxylation is 1. The molecule has 0 aliphatic carbocycles. The van der Waals surface area contributed by atoms with E-state index in [1.165, 1.54) is 22.9 Å². The second-order valence-electron chi connectivity index (χ2n) is 5.22. The zero-order valence-electron chi connectivity index (χ0n) is 12.8. The number of aromatic nitrogens is 2. The third kappa shape index (κ3) is 3.37. The van der Waals surface area contributed by atoms with Crippen molar-refractivity contribution in [3.05, 3.63) is 78.0 Å². The summed E-state index contributed by atoms with van der Waals surface area (Å²) in [6, 6.07) is 18.0. The van der Waals surface area contributed by atoms with Crippen LogP contribution in [0.5, 0.6) is 0 Å². The molecule has 0 radical (unpaired) electrons. The molecule has 0 spiro atoms.